The Morgan fingerprint density at radius 1 is 0.579 bits per heavy atom. The van der Waals surface area contributed by atoms with Crippen molar-refractivity contribution < 1.29 is 60.2 Å². The number of ketones is 3. The standard InChI is InChI=1S/C26H29Cl2F3N4O3.C25H27Cl2F3N4O4/c1-15-18(10-33-35(15)17-4-6-24(3,7-5-17)16(2)36)23(38)34(14-25(8-9-25)26(29,30)31)13-21(37)22-19(27)11-32-12-20(22)28;1-14-16(9-32-34(14)15-3-5-23(2,6-4-15)22(37)38)21(36)33(13-24(7-8-24)25(28,29)30)12-19(35)20-17(26)10-31-11-18(20)27/h10-12,17H,4-9,13-14H2,1-3H3;9-11,15H,3-8,12-13H2,1-2H3,(H,37,38). The number of hydrogen-bond acceptors (Lipinski definition) is 10. The van der Waals surface area contributed by atoms with E-state index in [-0.39, 0.29) is 91.3 Å². The SMILES string of the molecule is CC(=O)C1(C)CCC(n2ncc(C(=O)N(CC(=O)c3c(Cl)cncc3Cl)CC3(C(F)(F)F)CC3)c2C)CC1.Cc1c(C(=O)N(CC(=O)c2c(Cl)cncc2Cl)CC2(C(F)(F)F)CC2)cnn1C1CCC(C)(C(=O)O)CC1. The highest BCUT2D eigenvalue weighted by Gasteiger charge is 2.65. The number of pyridine rings is 2. The number of aromatic nitrogens is 6. The Morgan fingerprint density at radius 3 is 1.17 bits per heavy atom. The molecule has 4 saturated carbocycles. The van der Waals surface area contributed by atoms with Crippen molar-refractivity contribution in [2.24, 2.45) is 21.7 Å². The third kappa shape index (κ3) is 12.0. The largest absolute Gasteiger partial charge is 0.481 e. The number of nitrogens with zero attached hydrogens (tertiary/aromatic N) is 8. The first kappa shape index (κ1) is 58.6. The molecular weight excluding hydrogens is 1090 g/mol. The van der Waals surface area contributed by atoms with Gasteiger partial charge in [0.15, 0.2) is 11.6 Å². The monoisotopic (exact) mass is 1150 g/mol. The van der Waals surface area contributed by atoms with Crippen molar-refractivity contribution in [3.05, 3.63) is 90.9 Å². The van der Waals surface area contributed by atoms with Crippen LogP contribution in [0.1, 0.15) is 163 Å². The van der Waals surface area contributed by atoms with Crippen molar-refractivity contribution >= 4 is 81.5 Å². The van der Waals surface area contributed by atoms with Gasteiger partial charge in [-0.2, -0.15) is 36.5 Å². The molecule has 412 valence electrons. The Hall–Kier alpha value is -5.12. The van der Waals surface area contributed by atoms with Crippen LogP contribution in [0.25, 0.3) is 0 Å². The quantitative estimate of drug-likeness (QED) is 0.0829. The van der Waals surface area contributed by atoms with E-state index in [4.69, 9.17) is 46.4 Å². The van der Waals surface area contributed by atoms with Crippen LogP contribution >= 0.6 is 46.4 Å². The summed E-state index contributed by atoms with van der Waals surface area (Å²) in [5.41, 5.74) is -4.43. The molecule has 0 saturated heterocycles. The van der Waals surface area contributed by atoms with E-state index >= 15 is 0 Å². The molecule has 8 rings (SSSR count). The van der Waals surface area contributed by atoms with Crippen LogP contribution in [0.2, 0.25) is 20.1 Å². The van der Waals surface area contributed by atoms with Gasteiger partial charge in [-0.15, -0.1) is 0 Å². The van der Waals surface area contributed by atoms with E-state index in [1.165, 1.54) is 37.2 Å². The van der Waals surface area contributed by atoms with Crippen molar-refractivity contribution in [1.82, 2.24) is 39.3 Å². The zero-order chi connectivity index (χ0) is 56.1. The number of aliphatic carboxylic acids is 1. The number of carbonyl (C=O) groups excluding carboxylic acids is 5. The van der Waals surface area contributed by atoms with E-state index in [9.17, 15) is 60.2 Å². The highest BCUT2D eigenvalue weighted by Crippen LogP contribution is 2.59. The Kier molecular flexibility index (Phi) is 16.9. The topological polar surface area (TPSA) is 191 Å². The molecule has 0 atom stereocenters. The van der Waals surface area contributed by atoms with Crippen molar-refractivity contribution in [1.29, 1.82) is 0 Å². The van der Waals surface area contributed by atoms with E-state index in [1.54, 1.807) is 37.1 Å². The summed E-state index contributed by atoms with van der Waals surface area (Å²) in [4.78, 5) is 86.5. The summed E-state index contributed by atoms with van der Waals surface area (Å²) in [5, 5.41) is 18.0. The molecule has 0 unspecified atom stereocenters. The zero-order valence-electron chi connectivity index (χ0n) is 42.2. The number of carboxylic acid groups (broad SMARTS) is 1. The summed E-state index contributed by atoms with van der Waals surface area (Å²) in [6.45, 7) is 5.91. The van der Waals surface area contributed by atoms with Crippen molar-refractivity contribution in [2.75, 3.05) is 26.2 Å². The van der Waals surface area contributed by atoms with Crippen LogP contribution in [0.15, 0.2) is 37.2 Å². The maximum absolute atomic E-state index is 13.8. The second kappa shape index (κ2) is 22.0. The maximum Gasteiger partial charge on any atom is 0.396 e. The summed E-state index contributed by atoms with van der Waals surface area (Å²) >= 11 is 24.3. The lowest BCUT2D eigenvalue weighted by molar-refractivity contribution is -0.190. The Labute approximate surface area is 454 Å². The third-order valence-electron chi connectivity index (χ3n) is 16.1. The molecule has 15 nitrogen and oxygen atoms in total. The molecule has 4 aromatic rings. The van der Waals surface area contributed by atoms with Crippen LogP contribution in [0.5, 0.6) is 0 Å². The molecule has 2 amide bonds. The fourth-order valence-corrected chi connectivity index (χ4v) is 11.4. The predicted molar refractivity (Wildman–Crippen MR) is 268 cm³/mol. The Balaban J connectivity index is 0.000000221. The Morgan fingerprint density at radius 2 is 0.895 bits per heavy atom. The first-order valence-corrected chi connectivity index (χ1v) is 26.1. The highest BCUT2D eigenvalue weighted by atomic mass is 35.5. The lowest BCUT2D eigenvalue weighted by Gasteiger charge is -2.35. The molecule has 25 heteroatoms. The lowest BCUT2D eigenvalue weighted by atomic mass is 9.71. The lowest BCUT2D eigenvalue weighted by Crippen LogP contribution is -2.44. The predicted octanol–water partition coefficient (Wildman–Crippen LogP) is 12.0. The first-order valence-electron chi connectivity index (χ1n) is 24.6. The van der Waals surface area contributed by atoms with Gasteiger partial charge in [-0.3, -0.25) is 48.1 Å². The van der Waals surface area contributed by atoms with Gasteiger partial charge in [0, 0.05) is 54.7 Å². The number of carboxylic acids is 1. The van der Waals surface area contributed by atoms with Gasteiger partial charge in [-0.25, -0.2) is 0 Å². The first-order chi connectivity index (χ1) is 35.4. The average molecular weight is 1150 g/mol. The summed E-state index contributed by atoms with van der Waals surface area (Å²) in [6, 6.07) is -0.197. The molecule has 4 aliphatic rings. The van der Waals surface area contributed by atoms with Gasteiger partial charge in [-0.1, -0.05) is 53.3 Å². The fraction of sp³-hybridized carbons (Fsp3) is 0.569. The van der Waals surface area contributed by atoms with Gasteiger partial charge in [0.2, 0.25) is 0 Å². The van der Waals surface area contributed by atoms with E-state index in [2.05, 4.69) is 20.2 Å². The van der Waals surface area contributed by atoms with Gasteiger partial charge in [-0.05, 0) is 105 Å². The van der Waals surface area contributed by atoms with Gasteiger partial charge in [0.25, 0.3) is 11.8 Å². The van der Waals surface area contributed by atoms with Crippen LogP contribution in [0.3, 0.4) is 0 Å². The van der Waals surface area contributed by atoms with Gasteiger partial charge in [0.1, 0.15) is 5.78 Å². The number of amides is 2. The molecule has 4 heterocycles. The second-order valence-electron chi connectivity index (χ2n) is 21.3. The van der Waals surface area contributed by atoms with Gasteiger partial charge in [0.05, 0.1) is 96.2 Å². The molecule has 1 N–H and O–H groups in total. The van der Waals surface area contributed by atoms with Crippen LogP contribution < -0.4 is 0 Å². The summed E-state index contributed by atoms with van der Waals surface area (Å²) < 4.78 is 86.3. The fourth-order valence-electron chi connectivity index (χ4n) is 10.2. The molecule has 0 spiro atoms. The second-order valence-corrected chi connectivity index (χ2v) is 22.9. The smallest absolute Gasteiger partial charge is 0.396 e. The number of rotatable bonds is 16. The number of Topliss-reactive ketones (excluding diaryl/α,β-unsaturated/α-hetero) is 3. The number of halogens is 10. The minimum absolute atomic E-state index is 0.0431. The normalized spacial score (nSPS) is 22.7. The van der Waals surface area contributed by atoms with Gasteiger partial charge >= 0.3 is 18.3 Å². The molecule has 0 radical (unpaired) electrons. The minimum atomic E-state index is -4.54. The molecule has 0 aliphatic heterocycles. The minimum Gasteiger partial charge on any atom is -0.481 e. The molecule has 0 aromatic carbocycles. The zero-order valence-corrected chi connectivity index (χ0v) is 45.2. The summed E-state index contributed by atoms with van der Waals surface area (Å²) in [7, 11) is 0. The van der Waals surface area contributed by atoms with Crippen molar-refractivity contribution in [3.63, 3.8) is 0 Å². The summed E-state index contributed by atoms with van der Waals surface area (Å²) in [6.07, 6.45) is 2.47. The average Bonchev–Trinajstić information content (AvgIpc) is 4.25. The number of alkyl halides is 6. The molecule has 76 heavy (non-hydrogen) atoms. The highest BCUT2D eigenvalue weighted by molar-refractivity contribution is 6.40. The van der Waals surface area contributed by atoms with Crippen LogP contribution in [-0.2, 0) is 9.59 Å². The Bertz CT molecular complexity index is 2690. The van der Waals surface area contributed by atoms with Gasteiger partial charge < -0.3 is 14.9 Å². The molecule has 0 bridgehead atoms. The maximum atomic E-state index is 13.8. The molecular formula is C51H56Cl4F6N8O7. The van der Waals surface area contributed by atoms with E-state index in [0.717, 1.165) is 9.80 Å². The molecule has 4 fully saturated rings. The van der Waals surface area contributed by atoms with Crippen molar-refractivity contribution in [2.45, 2.75) is 136 Å². The van der Waals surface area contributed by atoms with E-state index < -0.39 is 84.1 Å². The summed E-state index contributed by atoms with van der Waals surface area (Å²) in [5.74, 6) is -3.60. The van der Waals surface area contributed by atoms with E-state index in [1.807, 2.05) is 6.92 Å². The number of carbonyl (C=O) groups is 6. The van der Waals surface area contributed by atoms with E-state index in [0.29, 0.717) is 62.8 Å². The van der Waals surface area contributed by atoms with Crippen molar-refractivity contribution in [3.8, 4) is 0 Å². The third-order valence-corrected chi connectivity index (χ3v) is 17.3. The van der Waals surface area contributed by atoms with Crippen LogP contribution in [0, 0.1) is 35.5 Å². The molecule has 4 aromatic heterocycles. The number of hydrogen-bond donors (Lipinski definition) is 1. The van der Waals surface area contributed by atoms with Crippen LogP contribution in [0.4, 0.5) is 26.3 Å². The van der Waals surface area contributed by atoms with Crippen LogP contribution in [-0.4, -0.2) is 118 Å². The molecule has 4 aliphatic carbocycles.